The molecule has 32 heteroatoms. The van der Waals surface area contributed by atoms with Crippen LogP contribution >= 0.6 is 11.8 Å². The van der Waals surface area contributed by atoms with Gasteiger partial charge in [0.05, 0.1) is 83.3 Å². The molecule has 14 atom stereocenters. The Labute approximate surface area is 566 Å². The number of aromatic hydroxyl groups is 1. The van der Waals surface area contributed by atoms with E-state index in [2.05, 4.69) is 47.5 Å². The zero-order valence-electron chi connectivity index (χ0n) is 55.1. The Morgan fingerprint density at radius 3 is 2.12 bits per heavy atom. The number of imide groups is 1. The number of hydrogen-bond donors (Lipinski definition) is 13. The van der Waals surface area contributed by atoms with E-state index in [4.69, 9.17) is 0 Å². The van der Waals surface area contributed by atoms with Gasteiger partial charge in [-0.1, -0.05) is 60.1 Å². The number of thioether (sulfide) groups is 1. The summed E-state index contributed by atoms with van der Waals surface area (Å²) in [6, 6.07) is 2.86. The number of nitrogens with zero attached hydrogens (tertiary/aromatic N) is 2. The van der Waals surface area contributed by atoms with Crippen LogP contribution in [-0.4, -0.2) is 214 Å². The van der Waals surface area contributed by atoms with Crippen molar-refractivity contribution in [1.29, 1.82) is 0 Å². The fourth-order valence-electron chi connectivity index (χ4n) is 12.2. The van der Waals surface area contributed by atoms with E-state index in [-0.39, 0.29) is 77.3 Å². The van der Waals surface area contributed by atoms with Crippen LogP contribution in [0.1, 0.15) is 104 Å². The third-order valence-corrected chi connectivity index (χ3v) is 20.6. The first-order chi connectivity index (χ1) is 45.9. The number of aromatic nitrogens is 1. The Balaban J connectivity index is 1.15. The number of carbonyl (C=O) groups excluding carboxylic acids is 14. The molecular weight excluding hydrogens is 1300 g/mol. The van der Waals surface area contributed by atoms with Gasteiger partial charge in [0.2, 0.25) is 65.0 Å². The molecule has 0 radical (unpaired) electrons. The number of rotatable bonds is 20. The summed E-state index contributed by atoms with van der Waals surface area (Å²) in [4.78, 5) is 200. The summed E-state index contributed by atoms with van der Waals surface area (Å²) in [5.41, 5.74) is 1.01. The van der Waals surface area contributed by atoms with Crippen molar-refractivity contribution in [1.82, 2.24) is 52.0 Å². The first-order valence-corrected chi connectivity index (χ1v) is 34.9. The van der Waals surface area contributed by atoms with Gasteiger partial charge in [-0.25, -0.2) is 0 Å². The van der Waals surface area contributed by atoms with Gasteiger partial charge in [0.15, 0.2) is 17.3 Å². The van der Waals surface area contributed by atoms with Crippen LogP contribution in [0.2, 0.25) is 0 Å². The van der Waals surface area contributed by atoms with Crippen molar-refractivity contribution < 1.29 is 91.8 Å². The normalized spacial score (nSPS) is 25.2. The summed E-state index contributed by atoms with van der Waals surface area (Å²) in [6.45, 7) is 6.41. The molecule has 5 heterocycles. The summed E-state index contributed by atoms with van der Waals surface area (Å²) in [5, 5.41) is 63.2. The van der Waals surface area contributed by atoms with Crippen LogP contribution in [0.4, 0.5) is 5.69 Å². The van der Waals surface area contributed by atoms with Crippen LogP contribution in [0.3, 0.4) is 0 Å². The second-order valence-corrected chi connectivity index (χ2v) is 28.1. The average molecular weight is 1390 g/mol. The number of likely N-dealkylation sites (tertiary alicyclic amines) is 1. The Bertz CT molecular complexity index is 3550. The molecule has 1 aromatic heterocycles. The van der Waals surface area contributed by atoms with Crippen molar-refractivity contribution in [3.05, 3.63) is 53.6 Å². The summed E-state index contributed by atoms with van der Waals surface area (Å²) >= 11 is 1.25. The molecule has 97 heavy (non-hydrogen) atoms. The number of aliphatic hydroxyl groups is 3. The number of hydrogen-bond acceptors (Lipinski definition) is 20. The minimum Gasteiger partial charge on any atom is -0.508 e. The molecule has 13 N–H and O–H groups in total. The SMILES string of the molecule is CC[C@H](C)[C@@H]1NC(=O)CNC(=O)C2Cc3c([nH]c4cc(O)ccc34)S(=O)C[C@H](NC(=O)CNC1=O)C(=O)C[C@@H](CC(=O)NCc1ccc(NC(=O)[C@H](C)CC(=O)C(NC(=O)CCN3C(=O)CC(SC)C3=O)C(C)C)cc1)C(=O)N1C[C@H](O)C[C@H]1C(=O)C[C@@H]([C@@H](C)[C@@H](O)CO)C(=O)N2. The van der Waals surface area contributed by atoms with Crippen LogP contribution in [0.5, 0.6) is 5.75 Å². The van der Waals surface area contributed by atoms with Gasteiger partial charge in [0.25, 0.3) is 0 Å². The number of benzene rings is 2. The average Bonchev–Trinajstić information content (AvgIpc) is 1.65. The van der Waals surface area contributed by atoms with Crippen molar-refractivity contribution in [3.63, 3.8) is 0 Å². The molecule has 528 valence electrons. The topological polar surface area (TPSA) is 455 Å². The van der Waals surface area contributed by atoms with E-state index in [0.717, 1.165) is 9.80 Å². The molecule has 4 aliphatic rings. The molecule has 11 amide bonds. The molecule has 4 aliphatic heterocycles. The molecule has 0 spiro atoms. The van der Waals surface area contributed by atoms with Crippen LogP contribution in [-0.2, 0) is 90.9 Å². The second kappa shape index (κ2) is 34.2. The maximum absolute atomic E-state index is 15.1. The Hall–Kier alpha value is -8.46. The first kappa shape index (κ1) is 75.9. The third-order valence-electron chi connectivity index (χ3n) is 18.2. The fraction of sp³-hybridized carbons (Fsp3) is 0.569. The van der Waals surface area contributed by atoms with E-state index in [1.165, 1.54) is 55.9 Å². The number of phenolic OH excluding ortho intramolecular Hbond substituents is 1. The lowest BCUT2D eigenvalue weighted by molar-refractivity contribution is -0.145. The first-order valence-electron chi connectivity index (χ1n) is 32.3. The van der Waals surface area contributed by atoms with Crippen molar-refractivity contribution >= 4 is 121 Å². The maximum atomic E-state index is 15.1. The Morgan fingerprint density at radius 1 is 0.794 bits per heavy atom. The number of aliphatic hydroxyl groups excluding tert-OH is 3. The number of amides is 11. The van der Waals surface area contributed by atoms with E-state index < -0.39 is 223 Å². The highest BCUT2D eigenvalue weighted by Gasteiger charge is 2.46. The second-order valence-electron chi connectivity index (χ2n) is 25.7. The van der Waals surface area contributed by atoms with Gasteiger partial charge < -0.3 is 72.8 Å². The van der Waals surface area contributed by atoms with E-state index in [9.17, 15) is 78.0 Å². The highest BCUT2D eigenvalue weighted by molar-refractivity contribution is 8.00. The summed E-state index contributed by atoms with van der Waals surface area (Å²) < 4.78 is 15.1. The Morgan fingerprint density at radius 2 is 1.47 bits per heavy atom. The van der Waals surface area contributed by atoms with Gasteiger partial charge in [0, 0.05) is 100.0 Å². The third kappa shape index (κ3) is 19.7. The van der Waals surface area contributed by atoms with E-state index in [0.29, 0.717) is 17.7 Å². The maximum Gasteiger partial charge on any atom is 0.243 e. The van der Waals surface area contributed by atoms with Gasteiger partial charge in [-0.2, -0.15) is 11.8 Å². The predicted octanol–water partition coefficient (Wildman–Crippen LogP) is -1.35. The number of nitrogens with one attached hydrogen (secondary N) is 9. The van der Waals surface area contributed by atoms with Crippen molar-refractivity contribution in [2.45, 2.75) is 159 Å². The molecule has 4 unspecified atom stereocenters. The number of anilines is 1. The van der Waals surface area contributed by atoms with Crippen LogP contribution in [0.15, 0.2) is 47.5 Å². The molecule has 2 saturated heterocycles. The molecular formula is C65H87N11O19S2. The Kier molecular flexibility index (Phi) is 26.7. The molecule has 2 bridgehead atoms. The zero-order chi connectivity index (χ0) is 71.3. The number of fused-ring (bicyclic) bond motifs is 5. The van der Waals surface area contributed by atoms with Crippen LogP contribution in [0.25, 0.3) is 10.9 Å². The summed E-state index contributed by atoms with van der Waals surface area (Å²) in [6.07, 6.45) is -4.74. The smallest absolute Gasteiger partial charge is 0.243 e. The lowest BCUT2D eigenvalue weighted by Gasteiger charge is -2.31. The molecule has 3 aromatic rings. The lowest BCUT2D eigenvalue weighted by Crippen LogP contribution is -2.56. The predicted molar refractivity (Wildman–Crippen MR) is 351 cm³/mol. The number of aromatic amines is 1. The van der Waals surface area contributed by atoms with Gasteiger partial charge in [-0.05, 0) is 59.4 Å². The van der Waals surface area contributed by atoms with E-state index >= 15 is 13.8 Å². The minimum atomic E-state index is -2.43. The molecule has 2 aromatic carbocycles. The number of carbonyl (C=O) groups is 14. The molecule has 0 saturated carbocycles. The van der Waals surface area contributed by atoms with Gasteiger partial charge >= 0.3 is 0 Å². The zero-order valence-corrected chi connectivity index (χ0v) is 56.7. The highest BCUT2D eigenvalue weighted by atomic mass is 32.2. The number of ketones is 3. The van der Waals surface area contributed by atoms with Crippen molar-refractivity contribution in [3.8, 4) is 5.75 Å². The molecule has 2 fully saturated rings. The van der Waals surface area contributed by atoms with Crippen LogP contribution in [0, 0.1) is 35.5 Å². The number of phenols is 1. The minimum absolute atomic E-state index is 0.0442. The fourth-order valence-corrected chi connectivity index (χ4v) is 14.2. The number of Topliss-reactive ketones (excluding diaryl/α,β-unsaturated/α-hetero) is 3. The van der Waals surface area contributed by atoms with Gasteiger partial charge in [0.1, 0.15) is 22.9 Å². The van der Waals surface area contributed by atoms with Gasteiger partial charge in [-0.3, -0.25) is 76.2 Å². The molecule has 0 aliphatic carbocycles. The molecule has 7 rings (SSSR count). The highest BCUT2D eigenvalue weighted by Crippen LogP contribution is 2.33. The monoisotopic (exact) mass is 1390 g/mol. The summed E-state index contributed by atoms with van der Waals surface area (Å²) in [7, 11) is -2.43. The molecule has 30 nitrogen and oxygen atoms in total. The van der Waals surface area contributed by atoms with Crippen molar-refractivity contribution in [2.24, 2.45) is 35.5 Å². The van der Waals surface area contributed by atoms with Crippen molar-refractivity contribution in [2.75, 3.05) is 50.1 Å². The quantitative estimate of drug-likeness (QED) is 0.0582. The summed E-state index contributed by atoms with van der Waals surface area (Å²) in [5.74, 6) is -18.0. The van der Waals surface area contributed by atoms with Gasteiger partial charge in [-0.15, -0.1) is 0 Å². The van der Waals surface area contributed by atoms with E-state index in [1.54, 1.807) is 46.1 Å². The van der Waals surface area contributed by atoms with E-state index in [1.807, 2.05) is 0 Å². The standard InChI is InChI=1S/C65H87N11O19S2/c1-8-32(4)58-62(92)68-26-54(86)70-45-30-97(95)63-42(40-14-13-38(78)20-43(40)72-63)22-44(61(91)67-27-55(87)74-58)71-60(90)41(34(6)50(83)29-77)23-48(81)46-21-39(79)28-76(46)64(93)36(18-47(45)80)19-53(85)66-25-35-9-11-37(12-10-35)69-59(89)33(5)17-49(82)57(31(2)3)73-52(84)15-16-75-56(88)24-51(96-7)65(75)94/h9-14,20,31-34,36,39,41,44-46,50-51,57-58,72,77-79,83H,8,15-19,21-30H2,1-7H3,(H,66,85)(H,67,91)(H,68,92)(H,69,89)(H,70,86)(H,71,90)(H,73,84)(H,74,87)/t32-,33+,34+,36-,39+,41-,44?,45-,46-,50-,51?,57?,58-,97?/m0/s1. The lowest BCUT2D eigenvalue weighted by atomic mass is 9.83. The largest absolute Gasteiger partial charge is 0.508 e. The van der Waals surface area contributed by atoms with Crippen LogP contribution < -0.4 is 42.5 Å². The number of H-pyrrole nitrogens is 1.